The molecule has 0 heterocycles. The van der Waals surface area contributed by atoms with Crippen LogP contribution in [-0.2, 0) is 17.3 Å². The van der Waals surface area contributed by atoms with Crippen molar-refractivity contribution >= 4 is 12.6 Å². The van der Waals surface area contributed by atoms with Crippen LogP contribution in [0.3, 0.4) is 0 Å². The van der Waals surface area contributed by atoms with Crippen molar-refractivity contribution in [3.05, 3.63) is 22.8 Å². The highest BCUT2D eigenvalue weighted by Gasteiger charge is 2.29. The van der Waals surface area contributed by atoms with Crippen molar-refractivity contribution in [2.24, 2.45) is 0 Å². The summed E-state index contributed by atoms with van der Waals surface area (Å²) in [6, 6.07) is 2.02. The van der Waals surface area contributed by atoms with Crippen LogP contribution in [0.1, 0.15) is 65.2 Å². The van der Waals surface area contributed by atoms with Crippen LogP contribution in [0, 0.1) is 0 Å². The summed E-state index contributed by atoms with van der Waals surface area (Å²) < 4.78 is 0. The molecule has 18 heavy (non-hydrogen) atoms. The van der Waals surface area contributed by atoms with Gasteiger partial charge in [-0.1, -0.05) is 48.5 Å². The molecule has 1 N–H and O–H groups in total. The molecule has 1 nitrogen and oxygen atoms in total. The molecule has 0 radical (unpaired) electrons. The maximum atomic E-state index is 10.7. The van der Waals surface area contributed by atoms with Gasteiger partial charge in [0.05, 0.1) is 0 Å². The van der Waals surface area contributed by atoms with Crippen LogP contribution < -0.4 is 0 Å². The van der Waals surface area contributed by atoms with E-state index in [1.54, 1.807) is 0 Å². The fourth-order valence-electron chi connectivity index (χ4n) is 2.44. The van der Waals surface area contributed by atoms with Gasteiger partial charge in [-0.05, 0) is 28.9 Å². The summed E-state index contributed by atoms with van der Waals surface area (Å²) in [4.78, 5) is 0.991. The number of hydrogen-bond donors (Lipinski definition) is 2. The molecule has 0 amide bonds. The molecule has 0 aromatic heterocycles. The van der Waals surface area contributed by atoms with E-state index in [1.807, 2.05) is 6.07 Å². The average molecular weight is 266 g/mol. The second-order valence-corrected chi connectivity index (χ2v) is 7.48. The highest BCUT2D eigenvalue weighted by molar-refractivity contribution is 7.80. The fraction of sp³-hybridized carbons (Fsp3) is 0.625. The number of benzene rings is 1. The summed E-state index contributed by atoms with van der Waals surface area (Å²) >= 11 is 4.62. The van der Waals surface area contributed by atoms with Crippen LogP contribution in [0.15, 0.2) is 11.0 Å². The van der Waals surface area contributed by atoms with E-state index < -0.39 is 0 Å². The lowest BCUT2D eigenvalue weighted by Crippen LogP contribution is -2.19. The van der Waals surface area contributed by atoms with E-state index in [0.29, 0.717) is 5.75 Å². The van der Waals surface area contributed by atoms with Crippen molar-refractivity contribution in [1.29, 1.82) is 0 Å². The van der Waals surface area contributed by atoms with E-state index in [0.717, 1.165) is 28.0 Å². The quantitative estimate of drug-likeness (QED) is 0.697. The molecule has 0 aliphatic heterocycles. The van der Waals surface area contributed by atoms with Crippen molar-refractivity contribution in [2.45, 2.75) is 70.6 Å². The Balaban J connectivity index is 3.71. The molecule has 0 saturated carbocycles. The maximum Gasteiger partial charge on any atom is 0.123 e. The smallest absolute Gasteiger partial charge is 0.123 e. The molecule has 102 valence electrons. The standard InChI is InChI=1S/C16H26OS/c1-8-10-12(18)9-11(15(2,3)4)14(17)13(10)16(5,6)7/h9,17-18H,8H2,1-7H3. The van der Waals surface area contributed by atoms with Crippen LogP contribution in [0.25, 0.3) is 0 Å². The molecule has 0 aliphatic rings. The van der Waals surface area contributed by atoms with Gasteiger partial charge in [0.15, 0.2) is 0 Å². The first-order chi connectivity index (χ1) is 8.00. The Hall–Kier alpha value is -0.630. The van der Waals surface area contributed by atoms with Gasteiger partial charge in [-0.15, -0.1) is 12.6 Å². The van der Waals surface area contributed by atoms with E-state index in [1.165, 1.54) is 0 Å². The highest BCUT2D eigenvalue weighted by Crippen LogP contribution is 2.43. The lowest BCUT2D eigenvalue weighted by atomic mass is 9.77. The number of aromatic hydroxyl groups is 1. The zero-order valence-corrected chi connectivity index (χ0v) is 13.6. The molecule has 1 rings (SSSR count). The molecule has 0 aliphatic carbocycles. The zero-order valence-electron chi connectivity index (χ0n) is 12.7. The second kappa shape index (κ2) is 4.80. The summed E-state index contributed by atoms with van der Waals surface area (Å²) in [5.41, 5.74) is 3.04. The number of phenols is 1. The van der Waals surface area contributed by atoms with Gasteiger partial charge in [-0.3, -0.25) is 0 Å². The first-order valence-electron chi connectivity index (χ1n) is 6.59. The molecule has 0 fully saturated rings. The third-order valence-corrected chi connectivity index (χ3v) is 3.69. The number of rotatable bonds is 1. The monoisotopic (exact) mass is 266 g/mol. The SMILES string of the molecule is CCc1c(S)cc(C(C)(C)C)c(O)c1C(C)(C)C. The molecule has 1 aromatic carbocycles. The number of phenolic OH excluding ortho intramolecular Hbond substituents is 1. The zero-order chi connectivity index (χ0) is 14.3. The molecule has 0 spiro atoms. The van der Waals surface area contributed by atoms with Crippen LogP contribution >= 0.6 is 12.6 Å². The third-order valence-electron chi connectivity index (χ3n) is 3.30. The Bertz CT molecular complexity index is 448. The van der Waals surface area contributed by atoms with Gasteiger partial charge >= 0.3 is 0 Å². The molecule has 1 aromatic rings. The van der Waals surface area contributed by atoms with Crippen LogP contribution in [0.2, 0.25) is 0 Å². The van der Waals surface area contributed by atoms with E-state index in [2.05, 4.69) is 61.1 Å². The predicted octanol–water partition coefficient (Wildman–Crippen LogP) is 4.84. The molecule has 0 unspecified atom stereocenters. The van der Waals surface area contributed by atoms with Crippen LogP contribution in [-0.4, -0.2) is 5.11 Å². The van der Waals surface area contributed by atoms with E-state index in [4.69, 9.17) is 0 Å². The second-order valence-electron chi connectivity index (χ2n) is 7.00. The average Bonchev–Trinajstić information content (AvgIpc) is 2.16. The molecular weight excluding hydrogens is 240 g/mol. The Morgan fingerprint density at radius 1 is 1.06 bits per heavy atom. The summed E-state index contributed by atoms with van der Waals surface area (Å²) in [5.74, 6) is 0.449. The topological polar surface area (TPSA) is 20.2 Å². The van der Waals surface area contributed by atoms with Crippen molar-refractivity contribution < 1.29 is 5.11 Å². The fourth-order valence-corrected chi connectivity index (χ4v) is 2.83. The molecular formula is C16H26OS. The van der Waals surface area contributed by atoms with Gasteiger partial charge in [0.2, 0.25) is 0 Å². The Morgan fingerprint density at radius 3 is 1.89 bits per heavy atom. The predicted molar refractivity (Wildman–Crippen MR) is 82.1 cm³/mol. The molecule has 0 saturated heterocycles. The maximum absolute atomic E-state index is 10.7. The molecule has 0 bridgehead atoms. The Kier molecular flexibility index (Phi) is 4.12. The lowest BCUT2D eigenvalue weighted by Gasteiger charge is -2.30. The van der Waals surface area contributed by atoms with E-state index in [9.17, 15) is 5.11 Å². The van der Waals surface area contributed by atoms with Gasteiger partial charge in [0.1, 0.15) is 5.75 Å². The first kappa shape index (κ1) is 15.4. The van der Waals surface area contributed by atoms with E-state index >= 15 is 0 Å². The van der Waals surface area contributed by atoms with Crippen molar-refractivity contribution in [1.82, 2.24) is 0 Å². The molecule has 2 heteroatoms. The minimum absolute atomic E-state index is 0.0752. The third kappa shape index (κ3) is 2.85. The summed E-state index contributed by atoms with van der Waals surface area (Å²) in [6.07, 6.45) is 0.892. The summed E-state index contributed by atoms with van der Waals surface area (Å²) in [7, 11) is 0. The Labute approximate surface area is 117 Å². The van der Waals surface area contributed by atoms with Gasteiger partial charge in [0, 0.05) is 16.0 Å². The Morgan fingerprint density at radius 2 is 1.56 bits per heavy atom. The summed E-state index contributed by atoms with van der Waals surface area (Å²) in [6.45, 7) is 14.9. The normalized spacial score (nSPS) is 12.9. The summed E-state index contributed by atoms with van der Waals surface area (Å²) in [5, 5.41) is 10.7. The highest BCUT2D eigenvalue weighted by atomic mass is 32.1. The number of thiol groups is 1. The van der Waals surface area contributed by atoms with Crippen molar-refractivity contribution in [2.75, 3.05) is 0 Å². The van der Waals surface area contributed by atoms with Gasteiger partial charge < -0.3 is 5.11 Å². The minimum Gasteiger partial charge on any atom is -0.507 e. The van der Waals surface area contributed by atoms with Crippen molar-refractivity contribution in [3.8, 4) is 5.75 Å². The van der Waals surface area contributed by atoms with Crippen molar-refractivity contribution in [3.63, 3.8) is 0 Å². The minimum atomic E-state index is -0.0756. The van der Waals surface area contributed by atoms with E-state index in [-0.39, 0.29) is 10.8 Å². The molecule has 0 atom stereocenters. The van der Waals surface area contributed by atoms with Gasteiger partial charge in [0.25, 0.3) is 0 Å². The largest absolute Gasteiger partial charge is 0.507 e. The van der Waals surface area contributed by atoms with Crippen LogP contribution in [0.5, 0.6) is 5.75 Å². The van der Waals surface area contributed by atoms with Crippen LogP contribution in [0.4, 0.5) is 0 Å². The van der Waals surface area contributed by atoms with Gasteiger partial charge in [-0.2, -0.15) is 0 Å². The lowest BCUT2D eigenvalue weighted by molar-refractivity contribution is 0.419. The number of hydrogen-bond acceptors (Lipinski definition) is 2. The van der Waals surface area contributed by atoms with Gasteiger partial charge in [-0.25, -0.2) is 0 Å². The first-order valence-corrected chi connectivity index (χ1v) is 7.03.